The zero-order valence-corrected chi connectivity index (χ0v) is 13.5. The molecule has 4 N–H and O–H groups in total. The number of aliphatic carboxylic acids is 1. The van der Waals surface area contributed by atoms with Gasteiger partial charge in [-0.05, 0) is 57.7 Å². The van der Waals surface area contributed by atoms with Crippen molar-refractivity contribution in [2.45, 2.75) is 51.7 Å². The van der Waals surface area contributed by atoms with E-state index in [-0.39, 0.29) is 17.9 Å². The van der Waals surface area contributed by atoms with Gasteiger partial charge < -0.3 is 25.4 Å². The number of aromatic hydroxyl groups is 2. The third-order valence-corrected chi connectivity index (χ3v) is 2.99. The van der Waals surface area contributed by atoms with E-state index in [9.17, 15) is 19.8 Å². The maximum Gasteiger partial charge on any atom is 0.408 e. The van der Waals surface area contributed by atoms with Gasteiger partial charge in [-0.1, -0.05) is 6.07 Å². The van der Waals surface area contributed by atoms with Gasteiger partial charge >= 0.3 is 12.1 Å². The zero-order valence-electron chi connectivity index (χ0n) is 13.5. The fraction of sp³-hybridized carbons (Fsp3) is 0.500. The maximum absolute atomic E-state index is 11.6. The SMILES string of the molecule is CC(C)(C)OC(=O)NC(CCCc1ccc(O)c(O)c1)C(=O)O. The van der Waals surface area contributed by atoms with Crippen LogP contribution in [0.15, 0.2) is 18.2 Å². The van der Waals surface area contributed by atoms with Crippen molar-refractivity contribution in [1.82, 2.24) is 5.32 Å². The summed E-state index contributed by atoms with van der Waals surface area (Å²) in [5.41, 5.74) is 0.0678. The summed E-state index contributed by atoms with van der Waals surface area (Å²) in [5.74, 6) is -1.56. The highest BCUT2D eigenvalue weighted by molar-refractivity contribution is 5.79. The molecule has 1 unspecified atom stereocenters. The Bertz CT molecular complexity index is 564. The van der Waals surface area contributed by atoms with E-state index in [4.69, 9.17) is 9.84 Å². The van der Waals surface area contributed by atoms with Crippen LogP contribution in [0.25, 0.3) is 0 Å². The molecular formula is C16H23NO6. The predicted octanol–water partition coefficient (Wildman–Crippen LogP) is 2.40. The molecule has 0 radical (unpaired) electrons. The minimum atomic E-state index is -1.13. The second kappa shape index (κ2) is 7.71. The van der Waals surface area contributed by atoms with E-state index in [0.717, 1.165) is 5.56 Å². The summed E-state index contributed by atoms with van der Waals surface area (Å²) in [7, 11) is 0. The van der Waals surface area contributed by atoms with Crippen molar-refractivity contribution in [3.05, 3.63) is 23.8 Å². The highest BCUT2D eigenvalue weighted by atomic mass is 16.6. The first kappa shape index (κ1) is 18.6. The molecule has 0 spiro atoms. The number of carbonyl (C=O) groups is 2. The lowest BCUT2D eigenvalue weighted by atomic mass is 10.0. The molecule has 7 nitrogen and oxygen atoms in total. The molecule has 0 aliphatic rings. The van der Waals surface area contributed by atoms with E-state index >= 15 is 0 Å². The molecule has 1 atom stereocenters. The Hall–Kier alpha value is -2.44. The number of amides is 1. The van der Waals surface area contributed by atoms with Gasteiger partial charge in [-0.25, -0.2) is 9.59 Å². The molecule has 0 saturated carbocycles. The zero-order chi connectivity index (χ0) is 17.6. The van der Waals surface area contributed by atoms with Crippen LogP contribution in [0, 0.1) is 0 Å². The number of benzene rings is 1. The molecule has 7 heteroatoms. The second-order valence-electron chi connectivity index (χ2n) is 6.25. The van der Waals surface area contributed by atoms with Crippen LogP contribution in [-0.4, -0.2) is 39.0 Å². The first-order chi connectivity index (χ1) is 10.6. The van der Waals surface area contributed by atoms with E-state index in [1.807, 2.05) is 0 Å². The van der Waals surface area contributed by atoms with Crippen molar-refractivity contribution in [3.63, 3.8) is 0 Å². The van der Waals surface area contributed by atoms with Crippen molar-refractivity contribution in [3.8, 4) is 11.5 Å². The van der Waals surface area contributed by atoms with Crippen LogP contribution >= 0.6 is 0 Å². The second-order valence-corrected chi connectivity index (χ2v) is 6.25. The number of carbonyl (C=O) groups excluding carboxylic acids is 1. The molecule has 0 aliphatic heterocycles. The summed E-state index contributed by atoms with van der Waals surface area (Å²) >= 11 is 0. The molecule has 1 aromatic rings. The average molecular weight is 325 g/mol. The molecule has 0 heterocycles. The Labute approximate surface area is 134 Å². The minimum absolute atomic E-state index is 0.205. The van der Waals surface area contributed by atoms with E-state index in [1.54, 1.807) is 26.8 Å². The van der Waals surface area contributed by atoms with E-state index in [1.165, 1.54) is 12.1 Å². The number of phenolic OH excluding ortho intramolecular Hbond substituents is 2. The van der Waals surface area contributed by atoms with E-state index < -0.39 is 23.7 Å². The van der Waals surface area contributed by atoms with Crippen molar-refractivity contribution in [1.29, 1.82) is 0 Å². The number of phenols is 2. The molecular weight excluding hydrogens is 302 g/mol. The quantitative estimate of drug-likeness (QED) is 0.597. The van der Waals surface area contributed by atoms with Gasteiger partial charge in [0.2, 0.25) is 0 Å². The van der Waals surface area contributed by atoms with Crippen LogP contribution in [0.2, 0.25) is 0 Å². The first-order valence-corrected chi connectivity index (χ1v) is 7.31. The fourth-order valence-electron chi connectivity index (χ4n) is 1.94. The Morgan fingerprint density at radius 1 is 1.22 bits per heavy atom. The molecule has 0 bridgehead atoms. The van der Waals surface area contributed by atoms with Crippen molar-refractivity contribution in [2.75, 3.05) is 0 Å². The van der Waals surface area contributed by atoms with Gasteiger partial charge in [0.15, 0.2) is 11.5 Å². The molecule has 23 heavy (non-hydrogen) atoms. The number of carboxylic acids is 1. The van der Waals surface area contributed by atoms with Crippen LogP contribution in [-0.2, 0) is 16.0 Å². The lowest BCUT2D eigenvalue weighted by Crippen LogP contribution is -2.43. The smallest absolute Gasteiger partial charge is 0.408 e. The summed E-state index contributed by atoms with van der Waals surface area (Å²) in [4.78, 5) is 22.8. The Morgan fingerprint density at radius 2 is 1.87 bits per heavy atom. The average Bonchev–Trinajstić information content (AvgIpc) is 2.39. The van der Waals surface area contributed by atoms with Gasteiger partial charge in [-0.2, -0.15) is 0 Å². The maximum atomic E-state index is 11.6. The number of carboxylic acid groups (broad SMARTS) is 1. The lowest BCUT2D eigenvalue weighted by molar-refractivity contribution is -0.139. The van der Waals surface area contributed by atoms with Crippen LogP contribution in [0.5, 0.6) is 11.5 Å². The summed E-state index contributed by atoms with van der Waals surface area (Å²) in [6.45, 7) is 5.08. The van der Waals surface area contributed by atoms with Crippen molar-refractivity contribution in [2.24, 2.45) is 0 Å². The topological polar surface area (TPSA) is 116 Å². The Morgan fingerprint density at radius 3 is 2.39 bits per heavy atom. The lowest BCUT2D eigenvalue weighted by Gasteiger charge is -2.22. The number of hydrogen-bond donors (Lipinski definition) is 4. The van der Waals surface area contributed by atoms with Crippen LogP contribution < -0.4 is 5.32 Å². The number of nitrogens with one attached hydrogen (secondary N) is 1. The van der Waals surface area contributed by atoms with Gasteiger partial charge in [0.1, 0.15) is 11.6 Å². The molecule has 0 aromatic heterocycles. The normalized spacial score (nSPS) is 12.5. The number of hydrogen-bond acceptors (Lipinski definition) is 5. The molecule has 128 valence electrons. The summed E-state index contributed by atoms with van der Waals surface area (Å²) in [6, 6.07) is 3.40. The first-order valence-electron chi connectivity index (χ1n) is 7.31. The molecule has 1 rings (SSSR count). The number of aryl methyl sites for hydroxylation is 1. The highest BCUT2D eigenvalue weighted by Crippen LogP contribution is 2.25. The third-order valence-electron chi connectivity index (χ3n) is 2.99. The summed E-state index contributed by atoms with van der Waals surface area (Å²) in [6.07, 6.45) is 0.438. The van der Waals surface area contributed by atoms with Crippen molar-refractivity contribution < 1.29 is 29.6 Å². The van der Waals surface area contributed by atoms with Gasteiger partial charge in [0, 0.05) is 0 Å². The summed E-state index contributed by atoms with van der Waals surface area (Å²) < 4.78 is 5.04. The fourth-order valence-corrected chi connectivity index (χ4v) is 1.94. The van der Waals surface area contributed by atoms with Crippen LogP contribution in [0.1, 0.15) is 39.2 Å². The Kier molecular flexibility index (Phi) is 6.24. The van der Waals surface area contributed by atoms with E-state index in [2.05, 4.69) is 5.32 Å². The third kappa shape index (κ3) is 6.90. The molecule has 1 aromatic carbocycles. The molecule has 0 fully saturated rings. The van der Waals surface area contributed by atoms with E-state index in [0.29, 0.717) is 12.8 Å². The monoisotopic (exact) mass is 325 g/mol. The number of ether oxygens (including phenoxy) is 1. The molecule has 0 aliphatic carbocycles. The van der Waals surface area contributed by atoms with Crippen molar-refractivity contribution >= 4 is 12.1 Å². The van der Waals surface area contributed by atoms with Gasteiger partial charge in [-0.3, -0.25) is 0 Å². The molecule has 1 amide bonds. The molecule has 0 saturated heterocycles. The van der Waals surface area contributed by atoms with Gasteiger partial charge in [0.05, 0.1) is 0 Å². The minimum Gasteiger partial charge on any atom is -0.504 e. The highest BCUT2D eigenvalue weighted by Gasteiger charge is 2.23. The van der Waals surface area contributed by atoms with Gasteiger partial charge in [-0.15, -0.1) is 0 Å². The standard InChI is InChI=1S/C16H23NO6/c1-16(2,3)23-15(22)17-11(14(20)21)6-4-5-10-7-8-12(18)13(19)9-10/h7-9,11,18-19H,4-6H2,1-3H3,(H,17,22)(H,20,21). The predicted molar refractivity (Wildman–Crippen MR) is 83.5 cm³/mol. The van der Waals surface area contributed by atoms with Crippen LogP contribution in [0.4, 0.5) is 4.79 Å². The Balaban J connectivity index is 2.52. The number of rotatable bonds is 6. The number of alkyl carbamates (subject to hydrolysis) is 1. The largest absolute Gasteiger partial charge is 0.504 e. The van der Waals surface area contributed by atoms with Gasteiger partial charge in [0.25, 0.3) is 0 Å². The van der Waals surface area contributed by atoms with Crippen LogP contribution in [0.3, 0.4) is 0 Å². The summed E-state index contributed by atoms with van der Waals surface area (Å²) in [5, 5.41) is 30.1.